The van der Waals surface area contributed by atoms with Gasteiger partial charge in [-0.3, -0.25) is 4.79 Å². The van der Waals surface area contributed by atoms with E-state index in [1.165, 1.54) is 6.08 Å². The molecular weight excluding hydrogens is 500 g/mol. The van der Waals surface area contributed by atoms with Gasteiger partial charge in [0, 0.05) is 10.7 Å². The Labute approximate surface area is 200 Å². The van der Waals surface area contributed by atoms with Gasteiger partial charge in [-0.1, -0.05) is 11.6 Å². The first-order valence-electron chi connectivity index (χ1n) is 9.73. The molecular formula is C23H22BrClN2O5. The molecule has 2 aromatic carbocycles. The Hall–Kier alpha value is -3.02. The molecule has 0 atom stereocenters. The van der Waals surface area contributed by atoms with E-state index in [0.717, 1.165) is 5.56 Å². The van der Waals surface area contributed by atoms with Crippen molar-refractivity contribution in [3.05, 3.63) is 56.5 Å². The van der Waals surface area contributed by atoms with Crippen molar-refractivity contribution in [2.24, 2.45) is 0 Å². The number of esters is 1. The Bertz CT molecular complexity index is 1080. The van der Waals surface area contributed by atoms with Gasteiger partial charge in [0.2, 0.25) is 0 Å². The van der Waals surface area contributed by atoms with Crippen molar-refractivity contribution in [2.45, 2.75) is 20.8 Å². The van der Waals surface area contributed by atoms with Gasteiger partial charge in [0.1, 0.15) is 11.6 Å². The summed E-state index contributed by atoms with van der Waals surface area (Å²) in [6, 6.07) is 10.2. The Morgan fingerprint density at radius 2 is 1.94 bits per heavy atom. The number of halogens is 2. The van der Waals surface area contributed by atoms with Crippen molar-refractivity contribution in [1.29, 1.82) is 5.26 Å². The smallest absolute Gasteiger partial charge is 0.344 e. The van der Waals surface area contributed by atoms with Gasteiger partial charge < -0.3 is 19.5 Å². The fraction of sp³-hybridized carbons (Fsp3) is 0.261. The molecule has 9 heteroatoms. The molecule has 7 nitrogen and oxygen atoms in total. The molecule has 0 heterocycles. The van der Waals surface area contributed by atoms with Crippen LogP contribution >= 0.6 is 27.5 Å². The lowest BCUT2D eigenvalue weighted by Gasteiger charge is -2.14. The highest BCUT2D eigenvalue weighted by molar-refractivity contribution is 9.10. The van der Waals surface area contributed by atoms with E-state index in [0.29, 0.717) is 38.9 Å². The quantitative estimate of drug-likeness (QED) is 0.273. The zero-order chi connectivity index (χ0) is 23.7. The Kier molecular flexibility index (Phi) is 9.57. The number of carbonyl (C=O) groups is 2. The summed E-state index contributed by atoms with van der Waals surface area (Å²) in [4.78, 5) is 24.2. The van der Waals surface area contributed by atoms with Gasteiger partial charge in [-0.2, -0.15) is 5.26 Å². The molecule has 0 aliphatic rings. The second-order valence-electron chi connectivity index (χ2n) is 6.44. The van der Waals surface area contributed by atoms with E-state index < -0.39 is 11.9 Å². The van der Waals surface area contributed by atoms with Gasteiger partial charge in [-0.25, -0.2) is 4.79 Å². The maximum Gasteiger partial charge on any atom is 0.344 e. The SMILES string of the molecule is CCOC(=O)COc1c(Br)cc(/C=C(\C#N)C(=O)Nc2ccc(Cl)cc2C)cc1OCC. The second kappa shape index (κ2) is 12.1. The lowest BCUT2D eigenvalue weighted by Crippen LogP contribution is -2.15. The van der Waals surface area contributed by atoms with Gasteiger partial charge in [0.05, 0.1) is 17.7 Å². The van der Waals surface area contributed by atoms with Crippen molar-refractivity contribution >= 4 is 51.2 Å². The summed E-state index contributed by atoms with van der Waals surface area (Å²) in [6.07, 6.45) is 1.43. The summed E-state index contributed by atoms with van der Waals surface area (Å²) in [5.41, 5.74) is 1.75. The van der Waals surface area contributed by atoms with Crippen LogP contribution in [0.3, 0.4) is 0 Å². The number of anilines is 1. The van der Waals surface area contributed by atoms with Crippen molar-refractivity contribution in [1.82, 2.24) is 0 Å². The average Bonchev–Trinajstić information content (AvgIpc) is 2.73. The van der Waals surface area contributed by atoms with Crippen molar-refractivity contribution < 1.29 is 23.8 Å². The second-order valence-corrected chi connectivity index (χ2v) is 7.73. The molecule has 168 valence electrons. The van der Waals surface area contributed by atoms with Gasteiger partial charge in [-0.15, -0.1) is 0 Å². The molecule has 2 aromatic rings. The van der Waals surface area contributed by atoms with E-state index in [9.17, 15) is 14.9 Å². The minimum atomic E-state index is -0.561. The molecule has 0 saturated heterocycles. The van der Waals surface area contributed by atoms with E-state index >= 15 is 0 Å². The summed E-state index contributed by atoms with van der Waals surface area (Å²) < 4.78 is 16.5. The van der Waals surface area contributed by atoms with Crippen LogP contribution in [0.25, 0.3) is 6.08 Å². The predicted octanol–water partition coefficient (Wildman–Crippen LogP) is 5.30. The molecule has 0 unspecified atom stereocenters. The summed E-state index contributed by atoms with van der Waals surface area (Å²) in [6.45, 7) is 5.62. The van der Waals surface area contributed by atoms with Crippen LogP contribution in [0.2, 0.25) is 5.02 Å². The van der Waals surface area contributed by atoms with Crippen molar-refractivity contribution in [2.75, 3.05) is 25.1 Å². The highest BCUT2D eigenvalue weighted by atomic mass is 79.9. The van der Waals surface area contributed by atoms with Crippen LogP contribution in [-0.4, -0.2) is 31.7 Å². The highest BCUT2D eigenvalue weighted by Crippen LogP contribution is 2.37. The first-order valence-corrected chi connectivity index (χ1v) is 10.9. The van der Waals surface area contributed by atoms with Crippen molar-refractivity contribution in [3.8, 4) is 17.6 Å². The monoisotopic (exact) mass is 520 g/mol. The number of nitrogens with zero attached hydrogens (tertiary/aromatic N) is 1. The lowest BCUT2D eigenvalue weighted by molar-refractivity contribution is -0.145. The Morgan fingerprint density at radius 1 is 1.19 bits per heavy atom. The number of nitriles is 1. The van der Waals surface area contributed by atoms with Crippen LogP contribution in [0.5, 0.6) is 11.5 Å². The lowest BCUT2D eigenvalue weighted by atomic mass is 10.1. The minimum Gasteiger partial charge on any atom is -0.490 e. The Morgan fingerprint density at radius 3 is 2.56 bits per heavy atom. The maximum absolute atomic E-state index is 12.6. The van der Waals surface area contributed by atoms with Crippen molar-refractivity contribution in [3.63, 3.8) is 0 Å². The molecule has 0 aliphatic heterocycles. The van der Waals surface area contributed by atoms with Crippen LogP contribution in [0.1, 0.15) is 25.0 Å². The van der Waals surface area contributed by atoms with Crippen LogP contribution < -0.4 is 14.8 Å². The van der Waals surface area contributed by atoms with Gasteiger partial charge in [0.25, 0.3) is 5.91 Å². The number of nitrogens with one attached hydrogen (secondary N) is 1. The fourth-order valence-corrected chi connectivity index (χ4v) is 3.48. The maximum atomic E-state index is 12.6. The Balaban J connectivity index is 2.30. The first kappa shape index (κ1) is 25.2. The number of rotatable bonds is 9. The molecule has 0 radical (unpaired) electrons. The molecule has 1 N–H and O–H groups in total. The summed E-state index contributed by atoms with van der Waals surface area (Å²) in [5, 5.41) is 12.8. The van der Waals surface area contributed by atoms with Crippen LogP contribution in [0, 0.1) is 18.3 Å². The van der Waals surface area contributed by atoms with Gasteiger partial charge >= 0.3 is 5.97 Å². The zero-order valence-electron chi connectivity index (χ0n) is 17.8. The number of hydrogen-bond acceptors (Lipinski definition) is 6. The number of aryl methyl sites for hydroxylation is 1. The topological polar surface area (TPSA) is 97.7 Å². The standard InChI is InChI=1S/C23H22BrClN2O5/c1-4-30-20-11-15(10-18(24)22(20)32-13-21(28)31-5-2)9-16(12-26)23(29)27-19-7-6-17(25)8-14(19)3/h6-11H,4-5,13H2,1-3H3,(H,27,29)/b16-9+. The zero-order valence-corrected chi connectivity index (χ0v) is 20.2. The first-order chi connectivity index (χ1) is 15.3. The molecule has 32 heavy (non-hydrogen) atoms. The third kappa shape index (κ3) is 7.01. The molecule has 0 fully saturated rings. The summed E-state index contributed by atoms with van der Waals surface area (Å²) in [7, 11) is 0. The van der Waals surface area contributed by atoms with Gasteiger partial charge in [-0.05, 0) is 84.2 Å². The molecule has 0 spiro atoms. The summed E-state index contributed by atoms with van der Waals surface area (Å²) in [5.74, 6) is -0.401. The number of benzene rings is 2. The van der Waals surface area contributed by atoms with E-state index in [-0.39, 0.29) is 18.8 Å². The molecule has 0 aliphatic carbocycles. The van der Waals surface area contributed by atoms with Crippen LogP contribution in [0.15, 0.2) is 40.4 Å². The van der Waals surface area contributed by atoms with Crippen LogP contribution in [-0.2, 0) is 14.3 Å². The molecule has 0 aromatic heterocycles. The third-order valence-electron chi connectivity index (χ3n) is 4.08. The van der Waals surface area contributed by atoms with Gasteiger partial charge in [0.15, 0.2) is 18.1 Å². The number of amides is 1. The number of ether oxygens (including phenoxy) is 3. The summed E-state index contributed by atoms with van der Waals surface area (Å²) >= 11 is 9.34. The molecule has 1 amide bonds. The predicted molar refractivity (Wildman–Crippen MR) is 126 cm³/mol. The highest BCUT2D eigenvalue weighted by Gasteiger charge is 2.16. The minimum absolute atomic E-state index is 0.103. The van der Waals surface area contributed by atoms with Crippen LogP contribution in [0.4, 0.5) is 5.69 Å². The molecule has 0 saturated carbocycles. The normalized spacial score (nSPS) is 10.8. The number of hydrogen-bond donors (Lipinski definition) is 1. The third-order valence-corrected chi connectivity index (χ3v) is 4.91. The largest absolute Gasteiger partial charge is 0.490 e. The van der Waals surface area contributed by atoms with E-state index in [1.54, 1.807) is 51.1 Å². The van der Waals surface area contributed by atoms with E-state index in [1.807, 2.05) is 6.07 Å². The number of carbonyl (C=O) groups excluding carboxylic acids is 2. The van der Waals surface area contributed by atoms with E-state index in [2.05, 4.69) is 21.2 Å². The molecule has 2 rings (SSSR count). The van der Waals surface area contributed by atoms with E-state index in [4.69, 9.17) is 25.8 Å². The molecule has 0 bridgehead atoms. The average molecular weight is 522 g/mol. The fourth-order valence-electron chi connectivity index (χ4n) is 2.68.